The third-order valence-electron chi connectivity index (χ3n) is 7.19. The number of carbonyl (C=O) groups excluding carboxylic acids is 1. The number of aliphatic hydroxyl groups excluding tert-OH is 1. The number of ketones is 1. The largest absolute Gasteiger partial charge is 0.511 e. The van der Waals surface area contributed by atoms with E-state index in [1.807, 2.05) is 32.9 Å². The Balaban J connectivity index is 1.57. The number of allylic oxidation sites excluding steroid dienone is 1. The molecule has 0 aromatic heterocycles. The van der Waals surface area contributed by atoms with Crippen LogP contribution in [0.15, 0.2) is 42.2 Å². The zero-order valence-corrected chi connectivity index (χ0v) is 17.9. The lowest BCUT2D eigenvalue weighted by Gasteiger charge is -2.31. The minimum Gasteiger partial charge on any atom is -0.511 e. The zero-order chi connectivity index (χ0) is 22.9. The van der Waals surface area contributed by atoms with Crippen LogP contribution in [0.1, 0.15) is 33.7 Å². The van der Waals surface area contributed by atoms with E-state index in [1.165, 1.54) is 12.1 Å². The topological polar surface area (TPSA) is 113 Å². The summed E-state index contributed by atoms with van der Waals surface area (Å²) in [5.74, 6) is -2.19. The first-order valence-corrected chi connectivity index (χ1v) is 10.6. The van der Waals surface area contributed by atoms with Crippen molar-refractivity contribution in [2.45, 2.75) is 38.9 Å². The van der Waals surface area contributed by atoms with E-state index in [-0.39, 0.29) is 23.1 Å². The maximum absolute atomic E-state index is 13.6. The SMILES string of the molecule is Cc1cc(C)c(C2=C(O)[C@@H]3[C@H](C2=O)[C@@H]2O[C@H]3C(C#N)[C@H]2c2ccc([N+](=O)[O-])cc2)c(C)c1. The lowest BCUT2D eigenvalue weighted by atomic mass is 9.67. The van der Waals surface area contributed by atoms with E-state index in [9.17, 15) is 25.3 Å². The molecule has 2 aliphatic heterocycles. The molecule has 1 aliphatic carbocycles. The molecule has 0 saturated carbocycles. The Morgan fingerprint density at radius 3 is 2.22 bits per heavy atom. The molecule has 2 aromatic rings. The smallest absolute Gasteiger partial charge is 0.269 e. The van der Waals surface area contributed by atoms with Crippen molar-refractivity contribution in [3.05, 3.63) is 80.1 Å². The molecule has 6 atom stereocenters. The molecule has 2 aromatic carbocycles. The van der Waals surface area contributed by atoms with Gasteiger partial charge in [0, 0.05) is 18.1 Å². The summed E-state index contributed by atoms with van der Waals surface area (Å²) in [4.78, 5) is 24.2. The van der Waals surface area contributed by atoms with Crippen LogP contribution in [0.25, 0.3) is 5.57 Å². The van der Waals surface area contributed by atoms with Gasteiger partial charge >= 0.3 is 0 Å². The summed E-state index contributed by atoms with van der Waals surface area (Å²) in [6.07, 6.45) is -1.16. The Hall–Kier alpha value is -3.50. The van der Waals surface area contributed by atoms with E-state index >= 15 is 0 Å². The number of Topliss-reactive ketones (excluding diaryl/α,β-unsaturated/α-hetero) is 1. The highest BCUT2D eigenvalue weighted by atomic mass is 16.6. The van der Waals surface area contributed by atoms with Crippen molar-refractivity contribution in [1.29, 1.82) is 5.26 Å². The minimum absolute atomic E-state index is 0.0185. The highest BCUT2D eigenvalue weighted by Gasteiger charge is 2.66. The van der Waals surface area contributed by atoms with Crippen molar-refractivity contribution in [2.24, 2.45) is 17.8 Å². The number of aryl methyl sites for hydroxylation is 3. The lowest BCUT2D eigenvalue weighted by molar-refractivity contribution is -0.384. The molecule has 0 spiro atoms. The van der Waals surface area contributed by atoms with E-state index in [0.717, 1.165) is 27.8 Å². The molecule has 1 N–H and O–H groups in total. The Bertz CT molecular complexity index is 1220. The summed E-state index contributed by atoms with van der Waals surface area (Å²) in [6, 6.07) is 12.4. The predicted molar refractivity (Wildman–Crippen MR) is 116 cm³/mol. The number of hydrogen-bond acceptors (Lipinski definition) is 6. The highest BCUT2D eigenvalue weighted by Crippen LogP contribution is 2.60. The Morgan fingerprint density at radius 1 is 1.03 bits per heavy atom. The summed E-state index contributed by atoms with van der Waals surface area (Å²) in [6.45, 7) is 5.85. The first-order chi connectivity index (χ1) is 15.2. The van der Waals surface area contributed by atoms with E-state index in [1.54, 1.807) is 12.1 Å². The second kappa shape index (κ2) is 7.01. The van der Waals surface area contributed by atoms with Gasteiger partial charge in [-0.1, -0.05) is 29.8 Å². The van der Waals surface area contributed by atoms with Gasteiger partial charge in [0.05, 0.1) is 46.5 Å². The summed E-state index contributed by atoms with van der Waals surface area (Å²) < 4.78 is 6.12. The van der Waals surface area contributed by atoms with Crippen LogP contribution in [-0.2, 0) is 9.53 Å². The van der Waals surface area contributed by atoms with Crippen LogP contribution in [0.3, 0.4) is 0 Å². The third kappa shape index (κ3) is 2.66. The summed E-state index contributed by atoms with van der Waals surface area (Å²) in [5.41, 5.74) is 4.73. The van der Waals surface area contributed by atoms with Gasteiger partial charge in [0.2, 0.25) is 0 Å². The molecule has 162 valence electrons. The number of carbonyl (C=O) groups is 1. The van der Waals surface area contributed by atoms with Crippen LogP contribution in [0, 0.1) is 60.0 Å². The summed E-state index contributed by atoms with van der Waals surface area (Å²) in [7, 11) is 0. The number of aliphatic hydroxyl groups is 1. The normalized spacial score (nSPS) is 30.5. The standard InChI is InChI=1S/C25H22N2O5/c1-11-8-12(2)17(13(3)9-11)19-22(28)20-21(23(19)29)25-18(16(10-26)24(20)32-25)14-4-6-15(7-5-14)27(30)31/h4-9,16,18,20-21,24-25,28H,1-3H3/t16?,18-,20+,21-,24+,25-/m1/s1. The monoisotopic (exact) mass is 430 g/mol. The summed E-state index contributed by atoms with van der Waals surface area (Å²) in [5, 5.41) is 32.1. The first-order valence-electron chi connectivity index (χ1n) is 10.6. The van der Waals surface area contributed by atoms with Gasteiger partial charge in [-0.05, 0) is 43.0 Å². The van der Waals surface area contributed by atoms with Gasteiger partial charge in [-0.2, -0.15) is 5.26 Å². The van der Waals surface area contributed by atoms with Crippen LogP contribution in [-0.4, -0.2) is 28.0 Å². The molecule has 2 bridgehead atoms. The van der Waals surface area contributed by atoms with Crippen molar-refractivity contribution in [2.75, 3.05) is 0 Å². The molecule has 0 radical (unpaired) electrons. The number of ether oxygens (including phenoxy) is 1. The maximum atomic E-state index is 13.6. The number of nitriles is 1. The number of nitro groups is 1. The number of benzene rings is 2. The van der Waals surface area contributed by atoms with E-state index < -0.39 is 34.9 Å². The molecule has 32 heavy (non-hydrogen) atoms. The molecule has 2 heterocycles. The van der Waals surface area contributed by atoms with Crippen LogP contribution in [0.5, 0.6) is 0 Å². The second-order valence-corrected chi connectivity index (χ2v) is 9.04. The fourth-order valence-electron chi connectivity index (χ4n) is 6.08. The number of hydrogen-bond donors (Lipinski definition) is 1. The molecule has 2 saturated heterocycles. The van der Waals surface area contributed by atoms with Crippen LogP contribution in [0.2, 0.25) is 0 Å². The first kappa shape index (κ1) is 20.4. The highest BCUT2D eigenvalue weighted by molar-refractivity contribution is 6.26. The van der Waals surface area contributed by atoms with Gasteiger partial charge in [-0.3, -0.25) is 14.9 Å². The van der Waals surface area contributed by atoms with Gasteiger partial charge in [0.25, 0.3) is 5.69 Å². The van der Waals surface area contributed by atoms with Gasteiger partial charge in [0.15, 0.2) is 5.78 Å². The van der Waals surface area contributed by atoms with Crippen molar-refractivity contribution >= 4 is 17.0 Å². The molecule has 2 fully saturated rings. The van der Waals surface area contributed by atoms with Gasteiger partial charge in [0.1, 0.15) is 5.76 Å². The zero-order valence-electron chi connectivity index (χ0n) is 17.9. The van der Waals surface area contributed by atoms with Crippen molar-refractivity contribution in [3.8, 4) is 6.07 Å². The quantitative estimate of drug-likeness (QED) is 0.573. The molecule has 0 amide bonds. The molecule has 7 nitrogen and oxygen atoms in total. The average Bonchev–Trinajstić information content (AvgIpc) is 3.38. The Morgan fingerprint density at radius 2 is 1.66 bits per heavy atom. The van der Waals surface area contributed by atoms with Gasteiger partial charge < -0.3 is 9.84 Å². The van der Waals surface area contributed by atoms with Crippen LogP contribution < -0.4 is 0 Å². The van der Waals surface area contributed by atoms with Gasteiger partial charge in [-0.25, -0.2) is 0 Å². The minimum atomic E-state index is -0.595. The van der Waals surface area contributed by atoms with Crippen molar-refractivity contribution < 1.29 is 19.6 Å². The predicted octanol–water partition coefficient (Wildman–Crippen LogP) is 4.31. The van der Waals surface area contributed by atoms with Crippen LogP contribution >= 0.6 is 0 Å². The van der Waals surface area contributed by atoms with E-state index in [0.29, 0.717) is 5.57 Å². The maximum Gasteiger partial charge on any atom is 0.269 e. The lowest BCUT2D eigenvalue weighted by Crippen LogP contribution is -2.39. The molecular formula is C25H22N2O5. The number of nitro benzene ring substituents is 1. The van der Waals surface area contributed by atoms with Crippen molar-refractivity contribution in [1.82, 2.24) is 0 Å². The Kier molecular flexibility index (Phi) is 4.47. The fraction of sp³-hybridized carbons (Fsp3) is 0.360. The molecule has 3 aliphatic rings. The van der Waals surface area contributed by atoms with Gasteiger partial charge in [-0.15, -0.1) is 0 Å². The third-order valence-corrected chi connectivity index (χ3v) is 7.19. The fourth-order valence-corrected chi connectivity index (χ4v) is 6.08. The number of fused-ring (bicyclic) bond motifs is 5. The van der Waals surface area contributed by atoms with E-state index in [2.05, 4.69) is 6.07 Å². The number of rotatable bonds is 3. The second-order valence-electron chi connectivity index (χ2n) is 9.04. The number of non-ortho nitro benzene ring substituents is 1. The van der Waals surface area contributed by atoms with E-state index in [4.69, 9.17) is 4.74 Å². The van der Waals surface area contributed by atoms with Crippen molar-refractivity contribution in [3.63, 3.8) is 0 Å². The molecule has 1 unspecified atom stereocenters. The molecular weight excluding hydrogens is 408 g/mol. The Labute approximate surface area is 185 Å². The molecule has 5 rings (SSSR count). The van der Waals surface area contributed by atoms with Crippen LogP contribution in [0.4, 0.5) is 5.69 Å². The molecule has 7 heteroatoms. The average molecular weight is 430 g/mol. The number of nitrogens with zero attached hydrogens (tertiary/aromatic N) is 2. The summed E-state index contributed by atoms with van der Waals surface area (Å²) >= 11 is 0.